The molecule has 2 fully saturated rings. The highest BCUT2D eigenvalue weighted by molar-refractivity contribution is 5.98. The predicted molar refractivity (Wildman–Crippen MR) is 158 cm³/mol. The number of anilines is 1. The van der Waals surface area contributed by atoms with E-state index in [1.165, 1.54) is 19.2 Å². The minimum Gasteiger partial charge on any atom is -0.457 e. The average Bonchev–Trinajstić information content (AvgIpc) is 3.58. The summed E-state index contributed by atoms with van der Waals surface area (Å²) in [5.74, 6) is 1.90. The van der Waals surface area contributed by atoms with E-state index in [-0.39, 0.29) is 11.9 Å². The summed E-state index contributed by atoms with van der Waals surface area (Å²) in [6.45, 7) is 3.56. The van der Waals surface area contributed by atoms with Crippen LogP contribution in [0.5, 0.6) is 11.5 Å². The van der Waals surface area contributed by atoms with Gasteiger partial charge in [0.25, 0.3) is 0 Å². The van der Waals surface area contributed by atoms with Crippen molar-refractivity contribution in [2.45, 2.75) is 31.3 Å². The highest BCUT2D eigenvalue weighted by Crippen LogP contribution is 2.35. The van der Waals surface area contributed by atoms with Crippen molar-refractivity contribution >= 4 is 22.8 Å². The van der Waals surface area contributed by atoms with Crippen LogP contribution in [0.25, 0.3) is 22.3 Å². The van der Waals surface area contributed by atoms with Crippen LogP contribution < -0.4 is 10.5 Å². The van der Waals surface area contributed by atoms with Gasteiger partial charge in [0.15, 0.2) is 5.65 Å². The Morgan fingerprint density at radius 1 is 1.07 bits per heavy atom. The van der Waals surface area contributed by atoms with Crippen LogP contribution in [0.1, 0.15) is 25.3 Å². The molecular formula is C31H35N7O3. The Bertz CT molecular complexity index is 1520. The van der Waals surface area contributed by atoms with Gasteiger partial charge in [-0.2, -0.15) is 5.10 Å². The molecule has 3 heterocycles. The van der Waals surface area contributed by atoms with E-state index in [9.17, 15) is 4.79 Å². The lowest BCUT2D eigenvalue weighted by Gasteiger charge is -2.19. The maximum absolute atomic E-state index is 13.0. The molecule has 6 rings (SSSR count). The van der Waals surface area contributed by atoms with Gasteiger partial charge in [0, 0.05) is 51.0 Å². The molecule has 2 N–H and O–H groups in total. The Kier molecular flexibility index (Phi) is 7.93. The normalized spacial score (nSPS) is 17.2. The zero-order valence-corrected chi connectivity index (χ0v) is 23.2. The molecule has 0 spiro atoms. The smallest absolute Gasteiger partial charge is 0.246 e. The van der Waals surface area contributed by atoms with Crippen molar-refractivity contribution in [3.05, 3.63) is 73.1 Å². The quantitative estimate of drug-likeness (QED) is 0.274. The molecule has 10 heteroatoms. The molecule has 1 unspecified atom stereocenters. The summed E-state index contributed by atoms with van der Waals surface area (Å²) in [6.07, 6.45) is 8.37. The summed E-state index contributed by atoms with van der Waals surface area (Å²) in [5.41, 5.74) is 8.61. The molecule has 10 nitrogen and oxygen atoms in total. The number of rotatable bonds is 11. The first-order valence-corrected chi connectivity index (χ1v) is 14.1. The SMILES string of the molecule is COCCN(C/C=C/C(=O)N1CCC(n2nc(-c3ccc(Oc4ccccc4)cc3)c3c(N)ncnc32)C1)C1CC1. The predicted octanol–water partition coefficient (Wildman–Crippen LogP) is 4.31. The van der Waals surface area contributed by atoms with Gasteiger partial charge in [-0.3, -0.25) is 9.69 Å². The van der Waals surface area contributed by atoms with Crippen molar-refractivity contribution in [3.63, 3.8) is 0 Å². The number of likely N-dealkylation sites (tertiary alicyclic amines) is 1. The highest BCUT2D eigenvalue weighted by atomic mass is 16.5. The van der Waals surface area contributed by atoms with Gasteiger partial charge in [0.2, 0.25) is 5.91 Å². The number of carbonyl (C=O) groups is 1. The minimum absolute atomic E-state index is 0.0109. The Morgan fingerprint density at radius 3 is 2.61 bits per heavy atom. The fourth-order valence-electron chi connectivity index (χ4n) is 5.36. The number of nitrogens with two attached hydrogens (primary N) is 1. The number of nitrogens with zero attached hydrogens (tertiary/aromatic N) is 6. The Balaban J connectivity index is 1.17. The number of benzene rings is 2. The van der Waals surface area contributed by atoms with Crippen LogP contribution >= 0.6 is 0 Å². The Hall–Kier alpha value is -4.28. The molecule has 1 amide bonds. The molecular weight excluding hydrogens is 518 g/mol. The molecule has 0 radical (unpaired) electrons. The van der Waals surface area contributed by atoms with Crippen molar-refractivity contribution in [1.82, 2.24) is 29.5 Å². The number of fused-ring (bicyclic) bond motifs is 1. The summed E-state index contributed by atoms with van der Waals surface area (Å²) in [6, 6.07) is 18.0. The Labute approximate surface area is 239 Å². The Morgan fingerprint density at radius 2 is 1.85 bits per heavy atom. The van der Waals surface area contributed by atoms with Crippen molar-refractivity contribution < 1.29 is 14.3 Å². The molecule has 41 heavy (non-hydrogen) atoms. The average molecular weight is 554 g/mol. The van der Waals surface area contributed by atoms with Crippen LogP contribution in [0.2, 0.25) is 0 Å². The molecule has 0 bridgehead atoms. The largest absolute Gasteiger partial charge is 0.457 e. The maximum atomic E-state index is 13.0. The second-order valence-electron chi connectivity index (χ2n) is 10.5. The molecule has 2 aromatic heterocycles. The number of para-hydroxylation sites is 1. The first-order valence-electron chi connectivity index (χ1n) is 14.1. The van der Waals surface area contributed by atoms with E-state index in [0.29, 0.717) is 48.3 Å². The highest BCUT2D eigenvalue weighted by Gasteiger charge is 2.31. The van der Waals surface area contributed by atoms with Crippen molar-refractivity contribution in [3.8, 4) is 22.8 Å². The monoisotopic (exact) mass is 553 g/mol. The molecule has 1 aliphatic carbocycles. The fourth-order valence-corrected chi connectivity index (χ4v) is 5.36. The van der Waals surface area contributed by atoms with Gasteiger partial charge in [-0.1, -0.05) is 24.3 Å². The van der Waals surface area contributed by atoms with E-state index in [1.807, 2.05) is 70.3 Å². The number of carbonyl (C=O) groups excluding carboxylic acids is 1. The summed E-state index contributed by atoms with van der Waals surface area (Å²) >= 11 is 0. The van der Waals surface area contributed by atoms with Gasteiger partial charge in [-0.25, -0.2) is 14.6 Å². The lowest BCUT2D eigenvalue weighted by Crippen LogP contribution is -2.31. The number of ether oxygens (including phenoxy) is 2. The molecule has 4 aromatic rings. The van der Waals surface area contributed by atoms with E-state index < -0.39 is 0 Å². The first kappa shape index (κ1) is 26.9. The number of methoxy groups -OCH3 is 1. The van der Waals surface area contributed by atoms with E-state index >= 15 is 0 Å². The summed E-state index contributed by atoms with van der Waals surface area (Å²) in [5, 5.41) is 5.68. The third kappa shape index (κ3) is 6.08. The molecule has 1 saturated carbocycles. The molecule has 1 aliphatic heterocycles. The van der Waals surface area contributed by atoms with Crippen LogP contribution in [0.4, 0.5) is 5.82 Å². The summed E-state index contributed by atoms with van der Waals surface area (Å²) < 4.78 is 13.1. The van der Waals surface area contributed by atoms with Gasteiger partial charge in [-0.05, 0) is 55.7 Å². The van der Waals surface area contributed by atoms with Crippen molar-refractivity contribution in [2.75, 3.05) is 45.6 Å². The number of hydrogen-bond donors (Lipinski definition) is 1. The van der Waals surface area contributed by atoms with Crippen LogP contribution in [0.3, 0.4) is 0 Å². The third-order valence-corrected chi connectivity index (χ3v) is 7.69. The standard InChI is InChI=1S/C31H35N7O3/c1-40-19-18-36(23-11-12-23)16-5-8-27(39)37-17-15-24(20-37)38-31-28(30(32)33-21-34-31)29(35-38)22-9-13-26(14-10-22)41-25-6-3-2-4-7-25/h2-10,13-14,21,23-24H,11-12,15-20H2,1H3,(H2,32,33,34)/b8-5+. The number of amides is 1. The topological polar surface area (TPSA) is 112 Å². The van der Waals surface area contributed by atoms with Gasteiger partial charge in [-0.15, -0.1) is 0 Å². The summed E-state index contributed by atoms with van der Waals surface area (Å²) in [7, 11) is 1.72. The maximum Gasteiger partial charge on any atom is 0.246 e. The fraction of sp³-hybridized carbons (Fsp3) is 0.355. The lowest BCUT2D eigenvalue weighted by molar-refractivity contribution is -0.125. The van der Waals surface area contributed by atoms with E-state index in [4.69, 9.17) is 20.3 Å². The van der Waals surface area contributed by atoms with E-state index in [0.717, 1.165) is 36.6 Å². The number of nitrogen functional groups attached to an aromatic ring is 1. The molecule has 2 aromatic carbocycles. The van der Waals surface area contributed by atoms with Gasteiger partial charge in [0.1, 0.15) is 29.3 Å². The van der Waals surface area contributed by atoms with Crippen molar-refractivity contribution in [1.29, 1.82) is 0 Å². The second-order valence-corrected chi connectivity index (χ2v) is 10.5. The minimum atomic E-state index is -0.0109. The van der Waals surface area contributed by atoms with E-state index in [1.54, 1.807) is 13.2 Å². The first-order chi connectivity index (χ1) is 20.1. The number of aromatic nitrogens is 4. The summed E-state index contributed by atoms with van der Waals surface area (Å²) in [4.78, 5) is 26.1. The van der Waals surface area contributed by atoms with Gasteiger partial charge in [0.05, 0.1) is 18.0 Å². The van der Waals surface area contributed by atoms with Crippen LogP contribution in [0.15, 0.2) is 73.1 Å². The molecule has 1 atom stereocenters. The van der Waals surface area contributed by atoms with Crippen LogP contribution in [-0.2, 0) is 9.53 Å². The second kappa shape index (κ2) is 12.1. The number of hydrogen-bond acceptors (Lipinski definition) is 8. The molecule has 212 valence electrons. The zero-order valence-electron chi connectivity index (χ0n) is 23.2. The van der Waals surface area contributed by atoms with Crippen molar-refractivity contribution in [2.24, 2.45) is 0 Å². The van der Waals surface area contributed by atoms with Crippen LogP contribution in [-0.4, -0.2) is 81.4 Å². The van der Waals surface area contributed by atoms with Gasteiger partial charge < -0.3 is 20.1 Å². The lowest BCUT2D eigenvalue weighted by atomic mass is 10.1. The van der Waals surface area contributed by atoms with E-state index in [2.05, 4.69) is 14.9 Å². The molecule has 2 aliphatic rings. The zero-order chi connectivity index (χ0) is 28.2. The third-order valence-electron chi connectivity index (χ3n) is 7.69. The van der Waals surface area contributed by atoms with Gasteiger partial charge >= 0.3 is 0 Å². The van der Waals surface area contributed by atoms with Crippen LogP contribution in [0, 0.1) is 0 Å². The molecule has 1 saturated heterocycles.